The molecule has 0 amide bonds. The molecule has 2 aromatic carbocycles. The predicted octanol–water partition coefficient (Wildman–Crippen LogP) is 3.48. The third kappa shape index (κ3) is 2.70. The van der Waals surface area contributed by atoms with Gasteiger partial charge in [0.15, 0.2) is 11.5 Å². The number of H-pyrrole nitrogens is 1. The molecule has 3 aromatic rings. The summed E-state index contributed by atoms with van der Waals surface area (Å²) in [6.07, 6.45) is 0.777. The van der Waals surface area contributed by atoms with Crippen molar-refractivity contribution in [2.75, 3.05) is 14.2 Å². The van der Waals surface area contributed by atoms with Crippen LogP contribution < -0.4 is 9.47 Å². The summed E-state index contributed by atoms with van der Waals surface area (Å²) in [5, 5.41) is 0. The normalized spacial score (nSPS) is 10.8. The highest BCUT2D eigenvalue weighted by molar-refractivity contribution is 5.79. The Labute approximate surface area is 123 Å². The summed E-state index contributed by atoms with van der Waals surface area (Å²) in [7, 11) is 3.26. The molecule has 0 radical (unpaired) electrons. The van der Waals surface area contributed by atoms with E-state index in [1.807, 2.05) is 12.1 Å². The van der Waals surface area contributed by atoms with Gasteiger partial charge in [-0.05, 0) is 12.5 Å². The molecule has 1 aromatic heterocycles. The third-order valence-electron chi connectivity index (χ3n) is 3.53. The van der Waals surface area contributed by atoms with E-state index in [1.165, 1.54) is 11.1 Å². The van der Waals surface area contributed by atoms with E-state index in [9.17, 15) is 0 Å². The van der Waals surface area contributed by atoms with Crippen LogP contribution in [0.25, 0.3) is 11.0 Å². The first kappa shape index (κ1) is 13.5. The lowest BCUT2D eigenvalue weighted by Crippen LogP contribution is -1.90. The average molecular weight is 282 g/mol. The highest BCUT2D eigenvalue weighted by Crippen LogP contribution is 2.31. The van der Waals surface area contributed by atoms with Gasteiger partial charge >= 0.3 is 0 Å². The fraction of sp³-hybridized carbons (Fsp3) is 0.235. The molecule has 1 heterocycles. The van der Waals surface area contributed by atoms with Crippen molar-refractivity contribution in [1.82, 2.24) is 9.97 Å². The predicted molar refractivity (Wildman–Crippen MR) is 83.2 cm³/mol. The Morgan fingerprint density at radius 1 is 1.00 bits per heavy atom. The Hall–Kier alpha value is -2.49. The molecule has 0 saturated carbocycles. The fourth-order valence-electron chi connectivity index (χ4n) is 2.37. The summed E-state index contributed by atoms with van der Waals surface area (Å²) in [6, 6.07) is 12.3. The number of nitrogens with one attached hydrogen (secondary N) is 1. The van der Waals surface area contributed by atoms with E-state index in [1.54, 1.807) is 14.2 Å². The molecular weight excluding hydrogens is 264 g/mol. The molecule has 0 saturated heterocycles. The smallest absolute Gasteiger partial charge is 0.163 e. The summed E-state index contributed by atoms with van der Waals surface area (Å²) >= 11 is 0. The lowest BCUT2D eigenvalue weighted by atomic mass is 10.1. The van der Waals surface area contributed by atoms with Gasteiger partial charge in [0.1, 0.15) is 5.82 Å². The van der Waals surface area contributed by atoms with Gasteiger partial charge in [-0.3, -0.25) is 0 Å². The number of hydrogen-bond donors (Lipinski definition) is 1. The first-order valence-electron chi connectivity index (χ1n) is 6.86. The van der Waals surface area contributed by atoms with Crippen molar-refractivity contribution in [3.05, 3.63) is 53.3 Å². The van der Waals surface area contributed by atoms with Crippen molar-refractivity contribution in [3.63, 3.8) is 0 Å². The second kappa shape index (κ2) is 5.48. The van der Waals surface area contributed by atoms with Crippen LogP contribution in [0.1, 0.15) is 17.0 Å². The third-order valence-corrected chi connectivity index (χ3v) is 3.53. The Morgan fingerprint density at radius 3 is 2.33 bits per heavy atom. The summed E-state index contributed by atoms with van der Waals surface area (Å²) in [6.45, 7) is 2.09. The Kier molecular flexibility index (Phi) is 3.52. The zero-order valence-electron chi connectivity index (χ0n) is 12.4. The van der Waals surface area contributed by atoms with Gasteiger partial charge in [-0.1, -0.05) is 29.8 Å². The van der Waals surface area contributed by atoms with Gasteiger partial charge in [0.2, 0.25) is 0 Å². The molecule has 0 aliphatic heterocycles. The maximum atomic E-state index is 5.31. The number of hydrogen-bond acceptors (Lipinski definition) is 3. The number of benzene rings is 2. The lowest BCUT2D eigenvalue weighted by molar-refractivity contribution is 0.356. The van der Waals surface area contributed by atoms with Crippen LogP contribution in [-0.4, -0.2) is 24.2 Å². The molecule has 4 heteroatoms. The molecule has 3 rings (SSSR count). The standard InChI is InChI=1S/C17H18N2O2/c1-11-4-6-12(7-5-11)8-17-18-13-9-15(20-2)16(21-3)10-14(13)19-17/h4-7,9-10H,8H2,1-3H3,(H,18,19). The number of imidazole rings is 1. The molecule has 0 aliphatic rings. The van der Waals surface area contributed by atoms with E-state index in [-0.39, 0.29) is 0 Å². The van der Waals surface area contributed by atoms with Crippen molar-refractivity contribution in [1.29, 1.82) is 0 Å². The molecule has 0 atom stereocenters. The van der Waals surface area contributed by atoms with E-state index in [0.29, 0.717) is 11.5 Å². The Morgan fingerprint density at radius 2 is 1.67 bits per heavy atom. The second-order valence-corrected chi connectivity index (χ2v) is 5.07. The van der Waals surface area contributed by atoms with Crippen molar-refractivity contribution >= 4 is 11.0 Å². The number of nitrogens with zero attached hydrogens (tertiary/aromatic N) is 1. The van der Waals surface area contributed by atoms with Crippen molar-refractivity contribution in [2.45, 2.75) is 13.3 Å². The molecule has 0 aliphatic carbocycles. The SMILES string of the molecule is COc1cc2nc(Cc3ccc(C)cc3)[nH]c2cc1OC. The summed E-state index contributed by atoms with van der Waals surface area (Å²) in [4.78, 5) is 7.96. The first-order chi connectivity index (χ1) is 10.2. The topological polar surface area (TPSA) is 47.1 Å². The molecular formula is C17H18N2O2. The maximum Gasteiger partial charge on any atom is 0.163 e. The fourth-order valence-corrected chi connectivity index (χ4v) is 2.37. The highest BCUT2D eigenvalue weighted by atomic mass is 16.5. The van der Waals surface area contributed by atoms with Crippen LogP contribution in [0.3, 0.4) is 0 Å². The van der Waals surface area contributed by atoms with E-state index in [4.69, 9.17) is 9.47 Å². The highest BCUT2D eigenvalue weighted by Gasteiger charge is 2.10. The van der Waals surface area contributed by atoms with Crippen molar-refractivity contribution < 1.29 is 9.47 Å². The molecule has 0 fully saturated rings. The lowest BCUT2D eigenvalue weighted by Gasteiger charge is -2.06. The summed E-state index contributed by atoms with van der Waals surface area (Å²) in [5.74, 6) is 2.33. The van der Waals surface area contributed by atoms with Crippen LogP contribution >= 0.6 is 0 Å². The van der Waals surface area contributed by atoms with E-state index < -0.39 is 0 Å². The van der Waals surface area contributed by atoms with Gasteiger partial charge in [-0.15, -0.1) is 0 Å². The largest absolute Gasteiger partial charge is 0.493 e. The molecule has 4 nitrogen and oxygen atoms in total. The van der Waals surface area contributed by atoms with Crippen LogP contribution in [-0.2, 0) is 6.42 Å². The van der Waals surface area contributed by atoms with Gasteiger partial charge in [0.05, 0.1) is 25.3 Å². The number of ether oxygens (including phenoxy) is 2. The first-order valence-corrected chi connectivity index (χ1v) is 6.86. The van der Waals surface area contributed by atoms with Crippen LogP contribution in [0.5, 0.6) is 11.5 Å². The van der Waals surface area contributed by atoms with E-state index >= 15 is 0 Å². The zero-order chi connectivity index (χ0) is 14.8. The van der Waals surface area contributed by atoms with Crippen molar-refractivity contribution in [3.8, 4) is 11.5 Å². The van der Waals surface area contributed by atoms with Gasteiger partial charge in [0.25, 0.3) is 0 Å². The molecule has 0 bridgehead atoms. The Bertz CT molecular complexity index is 719. The maximum absolute atomic E-state index is 5.31. The minimum Gasteiger partial charge on any atom is -0.493 e. The Balaban J connectivity index is 1.95. The number of aryl methyl sites for hydroxylation is 1. The quantitative estimate of drug-likeness (QED) is 0.797. The second-order valence-electron chi connectivity index (χ2n) is 5.07. The van der Waals surface area contributed by atoms with E-state index in [0.717, 1.165) is 23.3 Å². The van der Waals surface area contributed by atoms with E-state index in [2.05, 4.69) is 41.2 Å². The van der Waals surface area contributed by atoms with Gasteiger partial charge < -0.3 is 14.5 Å². The summed E-state index contributed by atoms with van der Waals surface area (Å²) < 4.78 is 10.6. The minimum atomic E-state index is 0.693. The van der Waals surface area contributed by atoms with Crippen LogP contribution in [0, 0.1) is 6.92 Å². The monoisotopic (exact) mass is 282 g/mol. The van der Waals surface area contributed by atoms with Gasteiger partial charge in [-0.25, -0.2) is 4.98 Å². The number of methoxy groups -OCH3 is 2. The van der Waals surface area contributed by atoms with Gasteiger partial charge in [0, 0.05) is 18.6 Å². The minimum absolute atomic E-state index is 0.693. The van der Waals surface area contributed by atoms with Crippen LogP contribution in [0.15, 0.2) is 36.4 Å². The molecule has 0 spiro atoms. The number of aromatic amines is 1. The number of aromatic nitrogens is 2. The van der Waals surface area contributed by atoms with Crippen LogP contribution in [0.2, 0.25) is 0 Å². The molecule has 21 heavy (non-hydrogen) atoms. The molecule has 0 unspecified atom stereocenters. The molecule has 108 valence electrons. The molecule has 1 N–H and O–H groups in total. The number of fused-ring (bicyclic) bond motifs is 1. The zero-order valence-corrected chi connectivity index (χ0v) is 12.4. The number of rotatable bonds is 4. The van der Waals surface area contributed by atoms with Crippen LogP contribution in [0.4, 0.5) is 0 Å². The van der Waals surface area contributed by atoms with Crippen molar-refractivity contribution in [2.24, 2.45) is 0 Å². The summed E-state index contributed by atoms with van der Waals surface area (Å²) in [5.41, 5.74) is 4.33. The average Bonchev–Trinajstić information content (AvgIpc) is 2.89. The van der Waals surface area contributed by atoms with Gasteiger partial charge in [-0.2, -0.15) is 0 Å².